The molecule has 2 N–H and O–H groups in total. The number of hydrogen-bond acceptors (Lipinski definition) is 3. The molecule has 0 bridgehead atoms. The second kappa shape index (κ2) is 9.18. The Hall–Kier alpha value is -0.910. The molecule has 4 nitrogen and oxygen atoms in total. The molecule has 0 saturated carbocycles. The van der Waals surface area contributed by atoms with E-state index in [1.54, 1.807) is 18.2 Å². The number of likely N-dealkylation sites (N-methyl/N-ethyl adjacent to an activating group) is 1. The van der Waals surface area contributed by atoms with Crippen molar-refractivity contribution in [2.24, 2.45) is 5.73 Å². The van der Waals surface area contributed by atoms with Gasteiger partial charge in [-0.05, 0) is 31.0 Å². The van der Waals surface area contributed by atoms with Gasteiger partial charge in [-0.25, -0.2) is 0 Å². The topological polar surface area (TPSA) is 63.4 Å². The van der Waals surface area contributed by atoms with Crippen LogP contribution in [-0.4, -0.2) is 34.4 Å². The lowest BCUT2D eigenvalue weighted by Crippen LogP contribution is -2.42. The SMILES string of the molecule is CCCC(N)C(=O)N(C)C(C)c1ccc(S(C)=O)cc1.Cl. The summed E-state index contributed by atoms with van der Waals surface area (Å²) in [5, 5.41) is 0. The standard InChI is InChI=1S/C15H24N2O2S.ClH/c1-5-6-14(16)15(18)17(3)11(2)12-7-9-13(10-8-12)20(4)19;/h7-11,14H,5-6,16H2,1-4H3;1H. The van der Waals surface area contributed by atoms with E-state index in [4.69, 9.17) is 5.73 Å². The summed E-state index contributed by atoms with van der Waals surface area (Å²) in [7, 11) is 0.792. The third-order valence-corrected chi connectivity index (χ3v) is 4.48. The quantitative estimate of drug-likeness (QED) is 0.870. The lowest BCUT2D eigenvalue weighted by Gasteiger charge is -2.28. The van der Waals surface area contributed by atoms with Gasteiger partial charge in [0, 0.05) is 29.0 Å². The Morgan fingerprint density at radius 3 is 2.29 bits per heavy atom. The van der Waals surface area contributed by atoms with Crippen LogP contribution < -0.4 is 5.73 Å². The Morgan fingerprint density at radius 1 is 1.33 bits per heavy atom. The molecule has 0 aromatic heterocycles. The van der Waals surface area contributed by atoms with Crippen LogP contribution in [-0.2, 0) is 15.6 Å². The molecule has 6 heteroatoms. The highest BCUT2D eigenvalue weighted by Gasteiger charge is 2.22. The first kappa shape index (κ1) is 20.1. The Kier molecular flexibility index (Phi) is 8.78. The van der Waals surface area contributed by atoms with Crippen molar-refractivity contribution in [3.63, 3.8) is 0 Å². The van der Waals surface area contributed by atoms with E-state index in [2.05, 4.69) is 0 Å². The molecule has 0 aliphatic rings. The van der Waals surface area contributed by atoms with Gasteiger partial charge in [-0.2, -0.15) is 0 Å². The van der Waals surface area contributed by atoms with Crippen LogP contribution in [0.1, 0.15) is 38.3 Å². The molecule has 1 amide bonds. The van der Waals surface area contributed by atoms with Gasteiger partial charge in [-0.15, -0.1) is 12.4 Å². The van der Waals surface area contributed by atoms with Gasteiger partial charge in [0.2, 0.25) is 5.91 Å². The number of carbonyl (C=O) groups excluding carboxylic acids is 1. The van der Waals surface area contributed by atoms with Crippen molar-refractivity contribution in [3.8, 4) is 0 Å². The zero-order valence-corrected chi connectivity index (χ0v) is 14.7. The first-order valence-corrected chi connectivity index (χ1v) is 8.40. The van der Waals surface area contributed by atoms with E-state index < -0.39 is 16.8 Å². The van der Waals surface area contributed by atoms with E-state index in [9.17, 15) is 9.00 Å². The summed E-state index contributed by atoms with van der Waals surface area (Å²) in [6.45, 7) is 3.98. The van der Waals surface area contributed by atoms with Gasteiger partial charge in [0.05, 0.1) is 12.1 Å². The van der Waals surface area contributed by atoms with Crippen LogP contribution in [0.15, 0.2) is 29.2 Å². The first-order chi connectivity index (χ1) is 9.38. The van der Waals surface area contributed by atoms with Gasteiger partial charge in [0.1, 0.15) is 0 Å². The second-order valence-corrected chi connectivity index (χ2v) is 6.42. The molecule has 0 aliphatic heterocycles. The van der Waals surface area contributed by atoms with Gasteiger partial charge in [0.25, 0.3) is 0 Å². The summed E-state index contributed by atoms with van der Waals surface area (Å²) in [5.41, 5.74) is 6.89. The fraction of sp³-hybridized carbons (Fsp3) is 0.533. The summed E-state index contributed by atoms with van der Waals surface area (Å²) in [5.74, 6) is -0.0394. The van der Waals surface area contributed by atoms with Crippen molar-refractivity contribution in [1.82, 2.24) is 4.90 Å². The third kappa shape index (κ3) is 5.41. The second-order valence-electron chi connectivity index (χ2n) is 5.04. The molecule has 0 aliphatic carbocycles. The summed E-state index contributed by atoms with van der Waals surface area (Å²) in [4.78, 5) is 14.6. The van der Waals surface area contributed by atoms with E-state index in [0.29, 0.717) is 6.42 Å². The highest BCUT2D eigenvalue weighted by molar-refractivity contribution is 7.84. The number of benzene rings is 1. The van der Waals surface area contributed by atoms with Crippen molar-refractivity contribution < 1.29 is 9.00 Å². The predicted octanol–water partition coefficient (Wildman–Crippen LogP) is 2.49. The van der Waals surface area contributed by atoms with E-state index in [1.807, 2.05) is 38.1 Å². The maximum absolute atomic E-state index is 12.2. The van der Waals surface area contributed by atoms with Gasteiger partial charge >= 0.3 is 0 Å². The molecule has 120 valence electrons. The average molecular weight is 333 g/mol. The number of halogens is 1. The van der Waals surface area contributed by atoms with Gasteiger partial charge in [-0.3, -0.25) is 9.00 Å². The number of hydrogen-bond donors (Lipinski definition) is 1. The van der Waals surface area contributed by atoms with Crippen LogP contribution in [0.5, 0.6) is 0 Å². The number of nitrogens with zero attached hydrogens (tertiary/aromatic N) is 1. The van der Waals surface area contributed by atoms with E-state index in [-0.39, 0.29) is 24.4 Å². The van der Waals surface area contributed by atoms with Gasteiger partial charge in [-0.1, -0.05) is 25.5 Å². The van der Waals surface area contributed by atoms with E-state index in [0.717, 1.165) is 16.9 Å². The molecule has 0 saturated heterocycles. The van der Waals surface area contributed by atoms with Crippen LogP contribution >= 0.6 is 12.4 Å². The largest absolute Gasteiger partial charge is 0.338 e. The van der Waals surface area contributed by atoms with Gasteiger partial charge in [0.15, 0.2) is 0 Å². The predicted molar refractivity (Wildman–Crippen MR) is 90.1 cm³/mol. The molecule has 0 fully saturated rings. The van der Waals surface area contributed by atoms with Gasteiger partial charge < -0.3 is 10.6 Å². The van der Waals surface area contributed by atoms with Crippen LogP contribution in [0.4, 0.5) is 0 Å². The Labute approximate surface area is 136 Å². The number of carbonyl (C=O) groups is 1. The Balaban J connectivity index is 0.00000400. The zero-order valence-electron chi connectivity index (χ0n) is 13.0. The normalized spacial score (nSPS) is 14.7. The summed E-state index contributed by atoms with van der Waals surface area (Å²) in [6, 6.07) is 7.02. The molecule has 1 aromatic carbocycles. The van der Waals surface area contributed by atoms with E-state index >= 15 is 0 Å². The summed E-state index contributed by atoms with van der Waals surface area (Å²) in [6.07, 6.45) is 3.24. The smallest absolute Gasteiger partial charge is 0.239 e. The lowest BCUT2D eigenvalue weighted by molar-refractivity contribution is -0.133. The van der Waals surface area contributed by atoms with Crippen molar-refractivity contribution in [2.45, 2.75) is 43.7 Å². The van der Waals surface area contributed by atoms with Crippen LogP contribution in [0, 0.1) is 0 Å². The minimum absolute atomic E-state index is 0. The maximum atomic E-state index is 12.2. The third-order valence-electron chi connectivity index (χ3n) is 3.54. The minimum atomic E-state index is -0.981. The highest BCUT2D eigenvalue weighted by atomic mass is 35.5. The minimum Gasteiger partial charge on any atom is -0.338 e. The number of rotatable bonds is 6. The Morgan fingerprint density at radius 2 is 1.86 bits per heavy atom. The maximum Gasteiger partial charge on any atom is 0.239 e. The van der Waals surface area contributed by atoms with Crippen molar-refractivity contribution in [2.75, 3.05) is 13.3 Å². The summed E-state index contributed by atoms with van der Waals surface area (Å²) >= 11 is 0. The summed E-state index contributed by atoms with van der Waals surface area (Å²) < 4.78 is 11.4. The molecular weight excluding hydrogens is 308 g/mol. The first-order valence-electron chi connectivity index (χ1n) is 6.84. The molecule has 0 spiro atoms. The molecule has 3 unspecified atom stereocenters. The van der Waals surface area contributed by atoms with E-state index in [1.165, 1.54) is 0 Å². The number of nitrogens with two attached hydrogens (primary N) is 1. The van der Waals surface area contributed by atoms with Crippen LogP contribution in [0.2, 0.25) is 0 Å². The average Bonchev–Trinajstić information content (AvgIpc) is 2.45. The number of amides is 1. The Bertz CT molecular complexity index is 479. The molecule has 3 atom stereocenters. The lowest BCUT2D eigenvalue weighted by atomic mass is 10.1. The molecule has 1 aromatic rings. The highest BCUT2D eigenvalue weighted by Crippen LogP contribution is 2.21. The fourth-order valence-corrected chi connectivity index (χ4v) is 2.57. The molecule has 0 heterocycles. The van der Waals surface area contributed by atoms with Crippen molar-refractivity contribution >= 4 is 29.1 Å². The van der Waals surface area contributed by atoms with Crippen molar-refractivity contribution in [3.05, 3.63) is 29.8 Å². The molecular formula is C15H25ClN2O2S. The molecule has 0 radical (unpaired) electrons. The molecule has 1 rings (SSSR count). The van der Waals surface area contributed by atoms with Crippen LogP contribution in [0.3, 0.4) is 0 Å². The fourth-order valence-electron chi connectivity index (χ4n) is 2.05. The zero-order chi connectivity index (χ0) is 15.3. The molecule has 21 heavy (non-hydrogen) atoms. The van der Waals surface area contributed by atoms with Crippen LogP contribution in [0.25, 0.3) is 0 Å². The monoisotopic (exact) mass is 332 g/mol. The van der Waals surface area contributed by atoms with Crippen molar-refractivity contribution in [1.29, 1.82) is 0 Å².